The zero-order valence-corrected chi connectivity index (χ0v) is 27.8. The van der Waals surface area contributed by atoms with Gasteiger partial charge in [0, 0.05) is 37.0 Å². The number of piperidine rings is 1. The molecule has 2 amide bonds. The van der Waals surface area contributed by atoms with Crippen LogP contribution in [0.3, 0.4) is 0 Å². The number of fused-ring (bicyclic) bond motifs is 3. The third-order valence-electron chi connectivity index (χ3n) is 8.54. The predicted octanol–water partition coefficient (Wildman–Crippen LogP) is 6.95. The van der Waals surface area contributed by atoms with E-state index in [-0.39, 0.29) is 12.5 Å². The number of nitrogens with zero attached hydrogens (tertiary/aromatic N) is 4. The Morgan fingerprint density at radius 2 is 1.91 bits per heavy atom. The van der Waals surface area contributed by atoms with Gasteiger partial charge < -0.3 is 19.7 Å². The smallest absolute Gasteiger partial charge is 0.413 e. The van der Waals surface area contributed by atoms with Crippen molar-refractivity contribution in [3.63, 3.8) is 0 Å². The number of nitrogens with one attached hydrogen (secondary N) is 1. The maximum absolute atomic E-state index is 15.6. The summed E-state index contributed by atoms with van der Waals surface area (Å²) in [5.41, 5.74) is 1.29. The first-order valence-electron chi connectivity index (χ1n) is 15.8. The van der Waals surface area contributed by atoms with Gasteiger partial charge in [0.25, 0.3) is 5.91 Å². The van der Waals surface area contributed by atoms with Crippen LogP contribution in [0.4, 0.5) is 13.6 Å². The highest BCUT2D eigenvalue weighted by Gasteiger charge is 2.46. The lowest BCUT2D eigenvalue weighted by atomic mass is 10.0. The Bertz CT molecular complexity index is 1760. The zero-order valence-electron chi connectivity index (χ0n) is 26.9. The summed E-state index contributed by atoms with van der Waals surface area (Å²) in [6.07, 6.45) is 2.59. The Morgan fingerprint density at radius 1 is 1.15 bits per heavy atom. The monoisotopic (exact) mass is 653 g/mol. The van der Waals surface area contributed by atoms with Gasteiger partial charge in [0.15, 0.2) is 4.96 Å². The van der Waals surface area contributed by atoms with Crippen molar-refractivity contribution < 1.29 is 27.8 Å². The van der Waals surface area contributed by atoms with Gasteiger partial charge in [0.2, 0.25) is 0 Å². The van der Waals surface area contributed by atoms with Gasteiger partial charge in [-0.1, -0.05) is 17.4 Å². The molecule has 46 heavy (non-hydrogen) atoms. The lowest BCUT2D eigenvalue weighted by Crippen LogP contribution is -2.47. The summed E-state index contributed by atoms with van der Waals surface area (Å²) in [6, 6.07) is 9.93. The van der Waals surface area contributed by atoms with Gasteiger partial charge in [-0.25, -0.2) is 18.6 Å². The number of likely N-dealkylation sites (tertiary alicyclic amines) is 1. The molecule has 2 aromatic carbocycles. The first-order chi connectivity index (χ1) is 21.8. The van der Waals surface area contributed by atoms with Crippen molar-refractivity contribution in [1.29, 1.82) is 0 Å². The molecule has 2 saturated heterocycles. The van der Waals surface area contributed by atoms with Crippen molar-refractivity contribution in [2.45, 2.75) is 77.4 Å². The summed E-state index contributed by atoms with van der Waals surface area (Å²) in [4.78, 5) is 35.1. The van der Waals surface area contributed by atoms with Crippen LogP contribution in [0.15, 0.2) is 42.6 Å². The van der Waals surface area contributed by atoms with Gasteiger partial charge in [-0.15, -0.1) is 0 Å². The Morgan fingerprint density at radius 3 is 2.63 bits per heavy atom. The molecule has 0 spiro atoms. The van der Waals surface area contributed by atoms with E-state index in [0.29, 0.717) is 46.7 Å². The lowest BCUT2D eigenvalue weighted by Gasteiger charge is -2.35. The van der Waals surface area contributed by atoms with Gasteiger partial charge in [-0.3, -0.25) is 14.1 Å². The second-order valence-electron chi connectivity index (χ2n) is 13.6. The van der Waals surface area contributed by atoms with Crippen LogP contribution < -0.4 is 5.32 Å². The number of hydrogen-bond acceptors (Lipinski definition) is 7. The van der Waals surface area contributed by atoms with Gasteiger partial charge in [0.1, 0.15) is 23.3 Å². The van der Waals surface area contributed by atoms with E-state index in [1.807, 2.05) is 16.5 Å². The molecule has 1 atom stereocenters. The predicted molar refractivity (Wildman–Crippen MR) is 174 cm³/mol. The van der Waals surface area contributed by atoms with Crippen LogP contribution in [0.25, 0.3) is 26.4 Å². The highest BCUT2D eigenvalue weighted by Crippen LogP contribution is 2.39. The standard InChI is InChI=1S/C34H41F2N5O4S/c1-33(2,3)45-32(43)41-28(20-44-34(41,4)5)21-7-9-24(25(36)17-21)26-19-40-27-10-8-22(18-29(27)46-31(40)38-26)30(42)37-13-6-14-39-15-11-23(35)12-16-39/h7-10,17-19,23,28H,6,11-16,20H2,1-5H3,(H,37,42). The number of halogens is 2. The minimum atomic E-state index is -0.909. The van der Waals surface area contributed by atoms with E-state index < -0.39 is 35.5 Å². The van der Waals surface area contributed by atoms with E-state index in [1.54, 1.807) is 59.0 Å². The van der Waals surface area contributed by atoms with Gasteiger partial charge in [-0.05, 0) is 96.3 Å². The molecule has 0 aliphatic carbocycles. The van der Waals surface area contributed by atoms with Gasteiger partial charge >= 0.3 is 6.09 Å². The Hall–Kier alpha value is -3.61. The summed E-state index contributed by atoms with van der Waals surface area (Å²) in [7, 11) is 0. The maximum atomic E-state index is 15.6. The molecular formula is C34H41F2N5O4S. The molecule has 4 aromatic rings. The van der Waals surface area contributed by atoms with Crippen LogP contribution in [0, 0.1) is 5.82 Å². The maximum Gasteiger partial charge on any atom is 0.413 e. The molecule has 246 valence electrons. The number of rotatable bonds is 7. The number of amides is 2. The van der Waals surface area contributed by atoms with Crippen LogP contribution in [0.1, 0.15) is 75.8 Å². The van der Waals surface area contributed by atoms with E-state index in [4.69, 9.17) is 14.5 Å². The lowest BCUT2D eigenvalue weighted by molar-refractivity contribution is -0.0626. The normalized spacial score (nSPS) is 19.3. The first-order valence-corrected chi connectivity index (χ1v) is 16.6. The van der Waals surface area contributed by atoms with Crippen LogP contribution in [0.5, 0.6) is 0 Å². The number of carbonyl (C=O) groups excluding carboxylic acids is 2. The Balaban J connectivity index is 1.14. The van der Waals surface area contributed by atoms with Crippen molar-refractivity contribution in [2.75, 3.05) is 32.8 Å². The molecule has 2 fully saturated rings. The molecule has 1 N–H and O–H groups in total. The van der Waals surface area contributed by atoms with E-state index in [2.05, 4.69) is 10.2 Å². The van der Waals surface area contributed by atoms with Crippen molar-refractivity contribution >= 4 is 38.5 Å². The fourth-order valence-corrected chi connectivity index (χ4v) is 7.20. The number of thiazole rings is 1. The highest BCUT2D eigenvalue weighted by molar-refractivity contribution is 7.23. The Kier molecular flexibility index (Phi) is 8.81. The number of benzene rings is 2. The molecule has 4 heterocycles. The molecule has 2 aliphatic rings. The first kappa shape index (κ1) is 32.3. The van der Waals surface area contributed by atoms with Crippen molar-refractivity contribution in [1.82, 2.24) is 24.5 Å². The van der Waals surface area contributed by atoms with Gasteiger partial charge in [0.05, 0.1) is 28.6 Å². The SMILES string of the molecule is CC(C)(C)OC(=O)N1C(c2ccc(-c3cn4c(n3)sc3cc(C(=O)NCCCN5CCC(F)CC5)ccc34)c(F)c2)COC1(C)C. The van der Waals surface area contributed by atoms with E-state index in [0.717, 1.165) is 36.3 Å². The summed E-state index contributed by atoms with van der Waals surface area (Å²) in [6.45, 7) is 12.2. The molecule has 12 heteroatoms. The molecule has 2 aliphatic heterocycles. The number of carbonyl (C=O) groups is 2. The summed E-state index contributed by atoms with van der Waals surface area (Å²) in [5, 5.41) is 2.99. The number of alkyl halides is 1. The average Bonchev–Trinajstić information content (AvgIpc) is 3.64. The molecular weight excluding hydrogens is 612 g/mol. The molecule has 9 nitrogen and oxygen atoms in total. The van der Waals surface area contributed by atoms with Crippen molar-refractivity contribution in [3.8, 4) is 11.3 Å². The molecule has 6 rings (SSSR count). The second-order valence-corrected chi connectivity index (χ2v) is 14.6. The van der Waals surface area contributed by atoms with Crippen LogP contribution >= 0.6 is 11.3 Å². The number of hydrogen-bond donors (Lipinski definition) is 1. The Labute approximate surface area is 271 Å². The van der Waals surface area contributed by atoms with E-state index in [1.165, 1.54) is 22.3 Å². The fourth-order valence-electron chi connectivity index (χ4n) is 6.16. The minimum absolute atomic E-state index is 0.139. The number of ether oxygens (including phenoxy) is 2. The third kappa shape index (κ3) is 6.74. The topological polar surface area (TPSA) is 88.4 Å². The molecule has 0 saturated carbocycles. The van der Waals surface area contributed by atoms with Gasteiger partial charge in [-0.2, -0.15) is 0 Å². The number of aromatic nitrogens is 2. The zero-order chi connectivity index (χ0) is 32.8. The molecule has 2 aromatic heterocycles. The fraction of sp³-hybridized carbons (Fsp3) is 0.500. The van der Waals surface area contributed by atoms with E-state index in [9.17, 15) is 14.0 Å². The molecule has 0 bridgehead atoms. The van der Waals surface area contributed by atoms with E-state index >= 15 is 4.39 Å². The minimum Gasteiger partial charge on any atom is -0.444 e. The molecule has 0 radical (unpaired) electrons. The highest BCUT2D eigenvalue weighted by atomic mass is 32.1. The van der Waals surface area contributed by atoms with Crippen LogP contribution in [0.2, 0.25) is 0 Å². The summed E-state index contributed by atoms with van der Waals surface area (Å²) in [5.74, 6) is -0.591. The quantitative estimate of drug-likeness (QED) is 0.217. The van der Waals surface area contributed by atoms with Crippen LogP contribution in [-0.2, 0) is 9.47 Å². The average molecular weight is 654 g/mol. The summed E-state index contributed by atoms with van der Waals surface area (Å²) < 4.78 is 43.3. The second kappa shape index (κ2) is 12.5. The largest absolute Gasteiger partial charge is 0.444 e. The third-order valence-corrected chi connectivity index (χ3v) is 9.56. The van der Waals surface area contributed by atoms with Crippen molar-refractivity contribution in [2.24, 2.45) is 0 Å². The summed E-state index contributed by atoms with van der Waals surface area (Å²) >= 11 is 1.43. The van der Waals surface area contributed by atoms with Crippen molar-refractivity contribution in [3.05, 3.63) is 59.5 Å². The molecule has 1 unspecified atom stereocenters. The number of imidazole rings is 1. The van der Waals surface area contributed by atoms with Crippen LogP contribution in [-0.4, -0.2) is 81.5 Å².